The zero-order valence-electron chi connectivity index (χ0n) is 17.2. The minimum Gasteiger partial charge on any atom is -0.395 e. The molecule has 1 unspecified atom stereocenters. The third-order valence-electron chi connectivity index (χ3n) is 5.28. The van der Waals surface area contributed by atoms with Gasteiger partial charge in [-0.3, -0.25) is 9.69 Å². The van der Waals surface area contributed by atoms with E-state index >= 15 is 0 Å². The molecule has 2 aromatic heterocycles. The quantitative estimate of drug-likeness (QED) is 0.653. The smallest absolute Gasteiger partial charge is 0.254 e. The van der Waals surface area contributed by atoms with Gasteiger partial charge < -0.3 is 14.7 Å². The van der Waals surface area contributed by atoms with Gasteiger partial charge in [-0.25, -0.2) is 9.97 Å². The number of benzene rings is 1. The molecule has 3 heterocycles. The molecule has 1 aliphatic rings. The fraction of sp³-hybridized carbons (Fsp3) is 0.409. The van der Waals surface area contributed by atoms with Gasteiger partial charge in [-0.05, 0) is 19.1 Å². The summed E-state index contributed by atoms with van der Waals surface area (Å²) in [6, 6.07) is 9.51. The molecule has 8 heteroatoms. The Balaban J connectivity index is 1.62. The normalized spacial score (nSPS) is 17.4. The van der Waals surface area contributed by atoms with Gasteiger partial charge in [0, 0.05) is 49.7 Å². The summed E-state index contributed by atoms with van der Waals surface area (Å²) < 4.78 is 6.05. The first-order valence-electron chi connectivity index (χ1n) is 10.1. The van der Waals surface area contributed by atoms with Crippen molar-refractivity contribution in [2.45, 2.75) is 19.6 Å². The number of para-hydroxylation sites is 1. The van der Waals surface area contributed by atoms with Gasteiger partial charge in [0.1, 0.15) is 6.10 Å². The fourth-order valence-electron chi connectivity index (χ4n) is 3.72. The Labute approximate surface area is 179 Å². The van der Waals surface area contributed by atoms with Crippen molar-refractivity contribution in [1.29, 1.82) is 0 Å². The summed E-state index contributed by atoms with van der Waals surface area (Å²) in [6.45, 7) is 5.24. The molecule has 4 rings (SSSR count). The molecule has 1 N–H and O–H groups in total. The monoisotopic (exact) mass is 426 g/mol. The van der Waals surface area contributed by atoms with Crippen LogP contribution in [0.4, 0.5) is 0 Å². The minimum atomic E-state index is -0.202. The first kappa shape index (κ1) is 20.9. The van der Waals surface area contributed by atoms with Crippen LogP contribution in [0.3, 0.4) is 0 Å². The number of hydrogen-bond acceptors (Lipinski definition) is 7. The number of morpholine rings is 1. The Morgan fingerprint density at radius 1 is 1.40 bits per heavy atom. The van der Waals surface area contributed by atoms with E-state index in [2.05, 4.69) is 9.88 Å². The molecule has 1 aromatic carbocycles. The van der Waals surface area contributed by atoms with E-state index in [4.69, 9.17) is 9.72 Å². The zero-order chi connectivity index (χ0) is 21.1. The van der Waals surface area contributed by atoms with Crippen LogP contribution >= 0.6 is 11.3 Å². The SMILES string of the molecule is Cc1ncc(CN2CCOC(c3cc(C(=O)N(C)CCO)c4ccccc4n3)C2)s1. The lowest BCUT2D eigenvalue weighted by Crippen LogP contribution is -2.38. The van der Waals surface area contributed by atoms with Crippen molar-refractivity contribution in [2.24, 2.45) is 0 Å². The van der Waals surface area contributed by atoms with Crippen LogP contribution in [0.2, 0.25) is 0 Å². The number of likely N-dealkylation sites (N-methyl/N-ethyl adjacent to an activating group) is 1. The summed E-state index contributed by atoms with van der Waals surface area (Å²) in [5.41, 5.74) is 2.12. The fourth-order valence-corrected chi connectivity index (χ4v) is 4.56. The van der Waals surface area contributed by atoms with Crippen molar-refractivity contribution in [3.8, 4) is 0 Å². The number of aryl methyl sites for hydroxylation is 1. The number of fused-ring (bicyclic) bond motifs is 1. The second-order valence-electron chi connectivity index (χ2n) is 7.50. The van der Waals surface area contributed by atoms with Crippen molar-refractivity contribution in [2.75, 3.05) is 39.9 Å². The van der Waals surface area contributed by atoms with Crippen LogP contribution in [0.25, 0.3) is 10.9 Å². The van der Waals surface area contributed by atoms with Gasteiger partial charge in [-0.15, -0.1) is 11.3 Å². The first-order valence-corrected chi connectivity index (χ1v) is 10.9. The molecule has 1 atom stereocenters. The van der Waals surface area contributed by atoms with E-state index in [1.165, 1.54) is 9.78 Å². The van der Waals surface area contributed by atoms with E-state index in [9.17, 15) is 9.90 Å². The van der Waals surface area contributed by atoms with Crippen LogP contribution in [0.15, 0.2) is 36.5 Å². The molecule has 30 heavy (non-hydrogen) atoms. The van der Waals surface area contributed by atoms with E-state index < -0.39 is 0 Å². The number of thiazole rings is 1. The standard InChI is InChI=1S/C22H26N4O3S/c1-15-23-12-16(30-15)13-26-8-10-29-21(14-26)20-11-18(22(28)25(2)7-9-27)17-5-3-4-6-19(17)24-20/h3-6,11-12,21,27H,7-10,13-14H2,1-2H3. The molecule has 3 aromatic rings. The number of nitrogens with zero attached hydrogens (tertiary/aromatic N) is 4. The number of aliphatic hydroxyl groups is 1. The van der Waals surface area contributed by atoms with Gasteiger partial charge >= 0.3 is 0 Å². The van der Waals surface area contributed by atoms with Crippen molar-refractivity contribution in [3.05, 3.63) is 57.7 Å². The highest BCUT2D eigenvalue weighted by Crippen LogP contribution is 2.28. The molecular weight excluding hydrogens is 400 g/mol. The van der Waals surface area contributed by atoms with Gasteiger partial charge in [-0.1, -0.05) is 18.2 Å². The maximum atomic E-state index is 13.0. The molecule has 1 saturated heterocycles. The van der Waals surface area contributed by atoms with E-state index in [0.29, 0.717) is 18.7 Å². The average Bonchev–Trinajstić information content (AvgIpc) is 3.17. The summed E-state index contributed by atoms with van der Waals surface area (Å²) in [6.07, 6.45) is 1.74. The Morgan fingerprint density at radius 2 is 2.23 bits per heavy atom. The lowest BCUT2D eigenvalue weighted by Gasteiger charge is -2.32. The second-order valence-corrected chi connectivity index (χ2v) is 8.82. The minimum absolute atomic E-state index is 0.0736. The summed E-state index contributed by atoms with van der Waals surface area (Å²) in [5.74, 6) is -0.128. The van der Waals surface area contributed by atoms with Crippen molar-refractivity contribution >= 4 is 28.1 Å². The van der Waals surface area contributed by atoms with Crippen LogP contribution in [0.1, 0.15) is 32.0 Å². The molecule has 0 radical (unpaired) electrons. The molecule has 0 spiro atoms. The second kappa shape index (κ2) is 9.18. The van der Waals surface area contributed by atoms with Crippen LogP contribution < -0.4 is 0 Å². The number of amides is 1. The van der Waals surface area contributed by atoms with Crippen molar-refractivity contribution in [1.82, 2.24) is 19.8 Å². The van der Waals surface area contributed by atoms with Crippen molar-refractivity contribution < 1.29 is 14.6 Å². The Bertz CT molecular complexity index is 1040. The van der Waals surface area contributed by atoms with Crippen LogP contribution in [0.5, 0.6) is 0 Å². The average molecular weight is 427 g/mol. The maximum Gasteiger partial charge on any atom is 0.254 e. The molecule has 0 saturated carbocycles. The number of rotatable bonds is 6. The Kier molecular flexibility index (Phi) is 6.38. The van der Waals surface area contributed by atoms with Crippen molar-refractivity contribution in [3.63, 3.8) is 0 Å². The highest BCUT2D eigenvalue weighted by molar-refractivity contribution is 7.11. The summed E-state index contributed by atoms with van der Waals surface area (Å²) in [7, 11) is 1.70. The molecular formula is C22H26N4O3S. The maximum absolute atomic E-state index is 13.0. The van der Waals surface area contributed by atoms with E-state index in [1.807, 2.05) is 43.5 Å². The Hall–Kier alpha value is -2.39. The predicted molar refractivity (Wildman–Crippen MR) is 117 cm³/mol. The van der Waals surface area contributed by atoms with Gasteiger partial charge in [0.05, 0.1) is 35.0 Å². The van der Waals surface area contributed by atoms with Gasteiger partial charge in [0.2, 0.25) is 0 Å². The summed E-state index contributed by atoms with van der Waals surface area (Å²) >= 11 is 1.71. The molecule has 0 bridgehead atoms. The third-order valence-corrected chi connectivity index (χ3v) is 6.18. The highest BCUT2D eigenvalue weighted by atomic mass is 32.1. The van der Waals surface area contributed by atoms with Crippen LogP contribution in [0, 0.1) is 6.92 Å². The predicted octanol–water partition coefficient (Wildman–Crippen LogP) is 2.64. The number of aliphatic hydroxyl groups excluding tert-OH is 1. The molecule has 158 valence electrons. The van der Waals surface area contributed by atoms with Crippen LogP contribution in [-0.4, -0.2) is 70.7 Å². The van der Waals surface area contributed by atoms with E-state index in [1.54, 1.807) is 18.4 Å². The van der Waals surface area contributed by atoms with Gasteiger partial charge in [0.25, 0.3) is 5.91 Å². The zero-order valence-corrected chi connectivity index (χ0v) is 18.1. The topological polar surface area (TPSA) is 78.8 Å². The highest BCUT2D eigenvalue weighted by Gasteiger charge is 2.26. The lowest BCUT2D eigenvalue weighted by molar-refractivity contribution is -0.0345. The molecule has 1 amide bonds. The number of pyridine rings is 1. The Morgan fingerprint density at radius 3 is 3.00 bits per heavy atom. The molecule has 1 fully saturated rings. The number of ether oxygens (including phenoxy) is 1. The van der Waals surface area contributed by atoms with E-state index in [-0.39, 0.29) is 25.2 Å². The largest absolute Gasteiger partial charge is 0.395 e. The molecule has 1 aliphatic heterocycles. The van der Waals surface area contributed by atoms with E-state index in [0.717, 1.165) is 34.7 Å². The number of hydrogen-bond donors (Lipinski definition) is 1. The van der Waals surface area contributed by atoms with Crippen LogP contribution in [-0.2, 0) is 11.3 Å². The lowest BCUT2D eigenvalue weighted by atomic mass is 10.0. The van der Waals surface area contributed by atoms with Gasteiger partial charge in [-0.2, -0.15) is 0 Å². The third kappa shape index (κ3) is 4.52. The first-order chi connectivity index (χ1) is 14.5. The number of carbonyl (C=O) groups is 1. The molecule has 7 nitrogen and oxygen atoms in total. The molecule has 0 aliphatic carbocycles. The van der Waals surface area contributed by atoms with Gasteiger partial charge in [0.15, 0.2) is 0 Å². The summed E-state index contributed by atoms with van der Waals surface area (Å²) in [4.78, 5) is 27.3. The number of carbonyl (C=O) groups excluding carboxylic acids is 1. The number of aromatic nitrogens is 2. The summed E-state index contributed by atoms with van der Waals surface area (Å²) in [5, 5.41) is 11.1.